The number of aromatic nitrogens is 3. The minimum Gasteiger partial charge on any atom is -0.383 e. The van der Waals surface area contributed by atoms with Crippen molar-refractivity contribution in [2.24, 2.45) is 7.05 Å². The van der Waals surface area contributed by atoms with Gasteiger partial charge in [-0.2, -0.15) is 10.5 Å². The molecule has 0 spiro atoms. The third-order valence-corrected chi connectivity index (χ3v) is 5.26. The summed E-state index contributed by atoms with van der Waals surface area (Å²) in [5.74, 6) is -0.929. The Hall–Kier alpha value is -4.62. The number of aryl methyl sites for hydroxylation is 1. The molecular formula is C20H17N8O4S+. The van der Waals surface area contributed by atoms with Gasteiger partial charge in [-0.3, -0.25) is 14.1 Å². The highest BCUT2D eigenvalue weighted by molar-refractivity contribution is 8.00. The molecule has 0 aliphatic rings. The topological polar surface area (TPSA) is 195 Å². The maximum atomic E-state index is 12.4. The zero-order valence-corrected chi connectivity index (χ0v) is 18.2. The van der Waals surface area contributed by atoms with E-state index in [4.69, 9.17) is 10.3 Å². The van der Waals surface area contributed by atoms with E-state index in [9.17, 15) is 24.9 Å². The fraction of sp³-hybridized carbons (Fsp3) is 0.150. The molecular weight excluding hydrogens is 448 g/mol. The van der Waals surface area contributed by atoms with Crippen LogP contribution in [0.25, 0.3) is 11.3 Å². The molecule has 0 saturated heterocycles. The minimum atomic E-state index is -0.799. The monoisotopic (exact) mass is 465 g/mol. The molecule has 0 aliphatic heterocycles. The molecule has 13 heteroatoms. The Bertz CT molecular complexity index is 1380. The highest BCUT2D eigenvalue weighted by Gasteiger charge is 2.31. The third kappa shape index (κ3) is 5.00. The summed E-state index contributed by atoms with van der Waals surface area (Å²) in [7, 11) is 1.47. The van der Waals surface area contributed by atoms with Crippen LogP contribution in [0.4, 0.5) is 17.2 Å². The highest BCUT2D eigenvalue weighted by atomic mass is 32.2. The van der Waals surface area contributed by atoms with Crippen LogP contribution in [-0.2, 0) is 16.6 Å². The van der Waals surface area contributed by atoms with Crippen molar-refractivity contribution in [1.82, 2.24) is 10.3 Å². The van der Waals surface area contributed by atoms with Crippen molar-refractivity contribution in [3.05, 3.63) is 45.8 Å². The fourth-order valence-electron chi connectivity index (χ4n) is 2.92. The standard InChI is InChI=1S/C20H16N8O4S/c1-10(29)24-11-3-5-12(6-4-11)25-15(30)9-33-19-14(8-22)16(13(7-21)18(23)26-19)17-20(31)32-27-28(17)2/h3-6,21,27H,9H2,1-2H3,(H2,23,26,31)/p+1. The van der Waals surface area contributed by atoms with Crippen LogP contribution in [0.5, 0.6) is 0 Å². The van der Waals surface area contributed by atoms with Gasteiger partial charge in [0.15, 0.2) is 7.05 Å². The first-order chi connectivity index (χ1) is 15.7. The van der Waals surface area contributed by atoms with Gasteiger partial charge >= 0.3 is 11.3 Å². The number of benzene rings is 1. The second-order valence-corrected chi connectivity index (χ2v) is 7.60. The van der Waals surface area contributed by atoms with Crippen LogP contribution in [0.15, 0.2) is 38.6 Å². The maximum Gasteiger partial charge on any atom is 0.435 e. The first-order valence-electron chi connectivity index (χ1n) is 9.27. The summed E-state index contributed by atoms with van der Waals surface area (Å²) in [5.41, 5.74) is 5.85. The van der Waals surface area contributed by atoms with Crippen molar-refractivity contribution in [3.8, 4) is 23.4 Å². The maximum absolute atomic E-state index is 12.4. The van der Waals surface area contributed by atoms with E-state index in [1.54, 1.807) is 24.3 Å². The van der Waals surface area contributed by atoms with E-state index >= 15 is 0 Å². The van der Waals surface area contributed by atoms with Crippen LogP contribution < -0.4 is 26.7 Å². The lowest BCUT2D eigenvalue weighted by molar-refractivity contribution is -0.730. The number of H-pyrrole nitrogens is 1. The molecule has 0 bridgehead atoms. The number of carbonyl (C=O) groups is 2. The Labute approximate surface area is 191 Å². The van der Waals surface area contributed by atoms with E-state index in [1.807, 2.05) is 12.1 Å². The van der Waals surface area contributed by atoms with Crippen molar-refractivity contribution in [3.63, 3.8) is 0 Å². The molecule has 3 aromatic rings. The van der Waals surface area contributed by atoms with Gasteiger partial charge in [0.2, 0.25) is 11.8 Å². The average molecular weight is 465 g/mol. The Morgan fingerprint density at radius 2 is 1.79 bits per heavy atom. The third-order valence-electron chi connectivity index (χ3n) is 4.29. The number of nitrogens with two attached hydrogens (primary N) is 1. The smallest absolute Gasteiger partial charge is 0.383 e. The van der Waals surface area contributed by atoms with E-state index in [-0.39, 0.29) is 44.9 Å². The Morgan fingerprint density at radius 3 is 2.30 bits per heavy atom. The molecule has 12 nitrogen and oxygen atoms in total. The van der Waals surface area contributed by atoms with Crippen LogP contribution in [0, 0.1) is 22.7 Å². The number of amides is 2. The minimum absolute atomic E-state index is 0.0264. The first-order valence-corrected chi connectivity index (χ1v) is 10.3. The number of nitrogens with one attached hydrogen (secondary N) is 3. The number of carbonyl (C=O) groups excluding carboxylic acids is 2. The average Bonchev–Trinajstić information content (AvgIpc) is 3.10. The lowest BCUT2D eigenvalue weighted by Crippen LogP contribution is -2.34. The summed E-state index contributed by atoms with van der Waals surface area (Å²) < 4.78 is 5.94. The van der Waals surface area contributed by atoms with Crippen LogP contribution in [0.2, 0.25) is 0 Å². The molecule has 2 aromatic heterocycles. The van der Waals surface area contributed by atoms with Crippen LogP contribution in [-0.4, -0.2) is 27.8 Å². The van der Waals surface area contributed by atoms with E-state index in [1.165, 1.54) is 18.7 Å². The molecule has 0 unspecified atom stereocenters. The van der Waals surface area contributed by atoms with Gasteiger partial charge in [0.25, 0.3) is 0 Å². The van der Waals surface area contributed by atoms with Gasteiger partial charge in [0, 0.05) is 18.3 Å². The summed E-state index contributed by atoms with van der Waals surface area (Å²) in [6.45, 7) is 1.39. The molecule has 33 heavy (non-hydrogen) atoms. The molecule has 0 fully saturated rings. The number of aromatic amines is 1. The number of pyridine rings is 1. The number of nitriles is 2. The second kappa shape index (κ2) is 9.67. The van der Waals surface area contributed by atoms with Crippen molar-refractivity contribution in [2.75, 3.05) is 22.1 Å². The van der Waals surface area contributed by atoms with Crippen LogP contribution in [0.3, 0.4) is 0 Å². The number of nitrogen functional groups attached to an aromatic ring is 1. The normalized spacial score (nSPS) is 10.2. The van der Waals surface area contributed by atoms with Crippen molar-refractivity contribution in [2.45, 2.75) is 11.9 Å². The molecule has 2 heterocycles. The second-order valence-electron chi connectivity index (χ2n) is 6.63. The molecule has 166 valence electrons. The first kappa shape index (κ1) is 23.1. The number of hydrogen-bond acceptors (Lipinski definition) is 9. The highest BCUT2D eigenvalue weighted by Crippen LogP contribution is 2.33. The van der Waals surface area contributed by atoms with Gasteiger partial charge in [0.1, 0.15) is 34.1 Å². The summed E-state index contributed by atoms with van der Waals surface area (Å²) in [4.78, 5) is 39.7. The van der Waals surface area contributed by atoms with Gasteiger partial charge in [-0.1, -0.05) is 16.4 Å². The number of anilines is 3. The zero-order valence-electron chi connectivity index (χ0n) is 17.4. The molecule has 0 atom stereocenters. The van der Waals surface area contributed by atoms with Crippen molar-refractivity contribution < 1.29 is 18.8 Å². The predicted octanol–water partition coefficient (Wildman–Crippen LogP) is 0.869. The molecule has 5 N–H and O–H groups in total. The van der Waals surface area contributed by atoms with Crippen LogP contribution in [0.1, 0.15) is 18.1 Å². The quantitative estimate of drug-likeness (QED) is 0.302. The van der Waals surface area contributed by atoms with Gasteiger partial charge < -0.3 is 16.4 Å². The van der Waals surface area contributed by atoms with Gasteiger partial charge in [-0.25, -0.2) is 9.78 Å². The molecule has 0 aliphatic carbocycles. The molecule has 1 aromatic carbocycles. The number of hydrogen-bond donors (Lipinski definition) is 4. The summed E-state index contributed by atoms with van der Waals surface area (Å²) in [5, 5.41) is 27.0. The van der Waals surface area contributed by atoms with Gasteiger partial charge in [0.05, 0.1) is 11.3 Å². The molecule has 3 rings (SSSR count). The molecule has 0 saturated carbocycles. The predicted molar refractivity (Wildman–Crippen MR) is 118 cm³/mol. The number of thioether (sulfide) groups is 1. The zero-order chi connectivity index (χ0) is 24.1. The van der Waals surface area contributed by atoms with Gasteiger partial charge in [-0.05, 0) is 29.5 Å². The van der Waals surface area contributed by atoms with E-state index in [2.05, 4.69) is 20.9 Å². The lowest BCUT2D eigenvalue weighted by Gasteiger charge is -2.10. The Balaban J connectivity index is 1.85. The Morgan fingerprint density at radius 1 is 1.18 bits per heavy atom. The summed E-state index contributed by atoms with van der Waals surface area (Å²) in [6, 6.07) is 10.3. The van der Waals surface area contributed by atoms with E-state index in [0.717, 1.165) is 11.8 Å². The summed E-state index contributed by atoms with van der Waals surface area (Å²) in [6.07, 6.45) is 0. The van der Waals surface area contributed by atoms with Crippen LogP contribution >= 0.6 is 11.8 Å². The largest absolute Gasteiger partial charge is 0.435 e. The van der Waals surface area contributed by atoms with Gasteiger partial charge in [-0.15, -0.1) is 0 Å². The van der Waals surface area contributed by atoms with Crippen molar-refractivity contribution in [1.29, 1.82) is 10.5 Å². The van der Waals surface area contributed by atoms with Crippen molar-refractivity contribution >= 4 is 40.8 Å². The SMILES string of the molecule is CC(=O)Nc1ccc(NC(=O)CSc2nc(N)c(C#N)c(-c3c(=O)o[nH][n+]3C)c2C#N)cc1. The number of rotatable bonds is 6. The van der Waals surface area contributed by atoms with E-state index < -0.39 is 11.5 Å². The number of nitrogens with zero attached hydrogens (tertiary/aromatic N) is 4. The Kier molecular flexibility index (Phi) is 6.76. The fourth-order valence-corrected chi connectivity index (χ4v) is 3.72. The summed E-state index contributed by atoms with van der Waals surface area (Å²) >= 11 is 0.923. The molecule has 2 amide bonds. The van der Waals surface area contributed by atoms with E-state index in [0.29, 0.717) is 11.4 Å². The molecule has 0 radical (unpaired) electrons. The lowest BCUT2D eigenvalue weighted by atomic mass is 10.0.